The predicted molar refractivity (Wildman–Crippen MR) is 108 cm³/mol. The highest BCUT2D eigenvalue weighted by Crippen LogP contribution is 2.26. The van der Waals surface area contributed by atoms with Gasteiger partial charge in [0.05, 0.1) is 11.7 Å². The molecule has 0 aliphatic carbocycles. The summed E-state index contributed by atoms with van der Waals surface area (Å²) in [6.45, 7) is 2.55. The number of aromatic nitrogens is 1. The highest BCUT2D eigenvalue weighted by atomic mass is 32.1. The predicted octanol–water partition coefficient (Wildman–Crippen LogP) is 5.02. The Labute approximate surface area is 161 Å². The number of benzene rings is 1. The van der Waals surface area contributed by atoms with Crippen LogP contribution in [0.1, 0.15) is 35.0 Å². The Hall–Kier alpha value is -1.76. The van der Waals surface area contributed by atoms with Gasteiger partial charge in [-0.1, -0.05) is 6.07 Å². The van der Waals surface area contributed by atoms with Crippen LogP contribution < -0.4 is 10.2 Å². The largest absolute Gasteiger partial charge is 0.369 e. The van der Waals surface area contributed by atoms with Gasteiger partial charge in [-0.15, -0.1) is 11.3 Å². The number of anilines is 1. The maximum Gasteiger partial charge on any atom is 0.146 e. The molecular formula is C20H22FN3S2. The van der Waals surface area contributed by atoms with Gasteiger partial charge >= 0.3 is 0 Å². The van der Waals surface area contributed by atoms with Gasteiger partial charge in [0.1, 0.15) is 10.8 Å². The lowest BCUT2D eigenvalue weighted by Gasteiger charge is -2.20. The van der Waals surface area contributed by atoms with Gasteiger partial charge in [-0.05, 0) is 59.3 Å². The second-order valence-electron chi connectivity index (χ2n) is 6.62. The first-order valence-electron chi connectivity index (χ1n) is 8.97. The van der Waals surface area contributed by atoms with Crippen molar-refractivity contribution in [3.8, 4) is 0 Å². The molecule has 0 saturated carbocycles. The van der Waals surface area contributed by atoms with Crippen molar-refractivity contribution in [3.63, 3.8) is 0 Å². The van der Waals surface area contributed by atoms with E-state index in [2.05, 4.69) is 32.0 Å². The zero-order chi connectivity index (χ0) is 17.8. The second kappa shape index (κ2) is 8.29. The van der Waals surface area contributed by atoms with Crippen LogP contribution in [0.2, 0.25) is 0 Å². The third kappa shape index (κ3) is 4.14. The van der Waals surface area contributed by atoms with Gasteiger partial charge in [-0.25, -0.2) is 9.37 Å². The molecule has 1 N–H and O–H groups in total. The van der Waals surface area contributed by atoms with Gasteiger partial charge in [0.15, 0.2) is 0 Å². The molecule has 1 aliphatic heterocycles. The third-order valence-electron chi connectivity index (χ3n) is 4.78. The van der Waals surface area contributed by atoms with Gasteiger partial charge in [-0.3, -0.25) is 0 Å². The van der Waals surface area contributed by atoms with Gasteiger partial charge < -0.3 is 10.2 Å². The Morgan fingerprint density at radius 1 is 1.15 bits per heavy atom. The molecule has 1 atom stereocenters. The molecule has 0 amide bonds. The Balaban J connectivity index is 1.44. The summed E-state index contributed by atoms with van der Waals surface area (Å²) >= 11 is 3.37. The monoisotopic (exact) mass is 387 g/mol. The standard InChI is InChI=1S/C20H22FN3S2/c21-17-11-15(3-4-19(17)24-7-1-2-8-24)13-23-18(20-22-6-10-26-20)12-16-5-9-25-14-16/h3-6,9-11,14,18,23H,1-2,7-8,12-13H2/t18-/m1/s1. The summed E-state index contributed by atoms with van der Waals surface area (Å²) in [6.07, 6.45) is 5.04. The first-order valence-corrected chi connectivity index (χ1v) is 10.8. The molecular weight excluding hydrogens is 365 g/mol. The zero-order valence-electron chi connectivity index (χ0n) is 14.5. The Bertz CT molecular complexity index is 812. The molecule has 1 saturated heterocycles. The van der Waals surface area contributed by atoms with E-state index < -0.39 is 0 Å². The molecule has 0 bridgehead atoms. The van der Waals surface area contributed by atoms with Gasteiger partial charge in [0.25, 0.3) is 0 Å². The normalized spacial score (nSPS) is 15.5. The van der Waals surface area contributed by atoms with Crippen molar-refractivity contribution in [1.29, 1.82) is 0 Å². The number of hydrogen-bond donors (Lipinski definition) is 1. The van der Waals surface area contributed by atoms with E-state index in [1.54, 1.807) is 28.7 Å². The van der Waals surface area contributed by atoms with Crippen LogP contribution in [0.3, 0.4) is 0 Å². The molecule has 26 heavy (non-hydrogen) atoms. The SMILES string of the molecule is Fc1cc(CN[C@H](Cc2ccsc2)c2nccs2)ccc1N1CCCC1. The second-order valence-corrected chi connectivity index (χ2v) is 8.33. The molecule has 3 aromatic rings. The number of thiophene rings is 1. The molecule has 1 fully saturated rings. The molecule has 1 aromatic carbocycles. The molecule has 0 unspecified atom stereocenters. The Morgan fingerprint density at radius 2 is 2.04 bits per heavy atom. The number of halogens is 1. The van der Waals surface area contributed by atoms with Crippen LogP contribution >= 0.6 is 22.7 Å². The molecule has 3 heterocycles. The van der Waals surface area contributed by atoms with E-state index in [1.165, 1.54) is 5.56 Å². The maximum absolute atomic E-state index is 14.5. The van der Waals surface area contributed by atoms with E-state index >= 15 is 0 Å². The number of hydrogen-bond acceptors (Lipinski definition) is 5. The van der Waals surface area contributed by atoms with Crippen molar-refractivity contribution < 1.29 is 4.39 Å². The first-order chi connectivity index (χ1) is 12.8. The summed E-state index contributed by atoms with van der Waals surface area (Å²) in [5.41, 5.74) is 3.01. The van der Waals surface area contributed by atoms with E-state index in [1.807, 2.05) is 23.7 Å². The molecule has 0 spiro atoms. The average molecular weight is 388 g/mol. The summed E-state index contributed by atoms with van der Waals surface area (Å²) in [7, 11) is 0. The summed E-state index contributed by atoms with van der Waals surface area (Å²) in [4.78, 5) is 6.61. The van der Waals surface area contributed by atoms with Crippen molar-refractivity contribution in [3.05, 3.63) is 68.6 Å². The van der Waals surface area contributed by atoms with Gasteiger partial charge in [0.2, 0.25) is 0 Å². The first kappa shape index (κ1) is 17.6. The summed E-state index contributed by atoms with van der Waals surface area (Å²) < 4.78 is 14.5. The molecule has 1 aliphatic rings. The zero-order valence-corrected chi connectivity index (χ0v) is 16.2. The van der Waals surface area contributed by atoms with Gasteiger partial charge in [0, 0.05) is 31.2 Å². The Morgan fingerprint density at radius 3 is 2.73 bits per heavy atom. The number of thiazole rings is 1. The third-order valence-corrected chi connectivity index (χ3v) is 6.40. The number of nitrogens with one attached hydrogen (secondary N) is 1. The fourth-order valence-electron chi connectivity index (χ4n) is 3.41. The quantitative estimate of drug-likeness (QED) is 0.617. The molecule has 136 valence electrons. The van der Waals surface area contributed by atoms with Gasteiger partial charge in [-0.2, -0.15) is 11.3 Å². The van der Waals surface area contributed by atoms with Crippen LogP contribution in [-0.4, -0.2) is 18.1 Å². The number of nitrogens with zero attached hydrogens (tertiary/aromatic N) is 2. The minimum atomic E-state index is -0.116. The summed E-state index contributed by atoms with van der Waals surface area (Å²) in [5.74, 6) is -0.116. The lowest BCUT2D eigenvalue weighted by atomic mass is 10.1. The van der Waals surface area contributed by atoms with Crippen molar-refractivity contribution in [2.24, 2.45) is 0 Å². The van der Waals surface area contributed by atoms with Crippen LogP contribution in [0, 0.1) is 5.82 Å². The molecule has 0 radical (unpaired) electrons. The highest BCUT2D eigenvalue weighted by molar-refractivity contribution is 7.09. The minimum Gasteiger partial charge on any atom is -0.369 e. The lowest BCUT2D eigenvalue weighted by Crippen LogP contribution is -2.23. The topological polar surface area (TPSA) is 28.2 Å². The van der Waals surface area contributed by atoms with Crippen LogP contribution in [0.25, 0.3) is 0 Å². The number of rotatable bonds is 7. The highest BCUT2D eigenvalue weighted by Gasteiger charge is 2.18. The molecule has 2 aromatic heterocycles. The molecule has 6 heteroatoms. The van der Waals surface area contributed by atoms with Crippen LogP contribution in [0.5, 0.6) is 0 Å². The maximum atomic E-state index is 14.5. The summed E-state index contributed by atoms with van der Waals surface area (Å²) in [6, 6.07) is 7.93. The lowest BCUT2D eigenvalue weighted by molar-refractivity contribution is 0.526. The molecule has 3 nitrogen and oxygen atoms in total. The smallest absolute Gasteiger partial charge is 0.146 e. The fourth-order valence-corrected chi connectivity index (χ4v) is 4.81. The van der Waals surface area contributed by atoms with Crippen LogP contribution in [0.15, 0.2) is 46.6 Å². The van der Waals surface area contributed by atoms with Crippen molar-refractivity contribution in [2.45, 2.75) is 31.8 Å². The van der Waals surface area contributed by atoms with Crippen molar-refractivity contribution >= 4 is 28.4 Å². The minimum absolute atomic E-state index is 0.116. The van der Waals surface area contributed by atoms with Crippen LogP contribution in [0.4, 0.5) is 10.1 Å². The van der Waals surface area contributed by atoms with Crippen molar-refractivity contribution in [2.75, 3.05) is 18.0 Å². The molecule has 4 rings (SSSR count). The van der Waals surface area contributed by atoms with Crippen LogP contribution in [-0.2, 0) is 13.0 Å². The van der Waals surface area contributed by atoms with Crippen molar-refractivity contribution in [1.82, 2.24) is 10.3 Å². The van der Waals surface area contributed by atoms with E-state index in [-0.39, 0.29) is 11.9 Å². The summed E-state index contributed by atoms with van der Waals surface area (Å²) in [5, 5.41) is 10.9. The van der Waals surface area contributed by atoms with E-state index in [0.29, 0.717) is 6.54 Å². The fraction of sp³-hybridized carbons (Fsp3) is 0.350. The van der Waals surface area contributed by atoms with E-state index in [0.717, 1.165) is 48.6 Å². The average Bonchev–Trinajstić information content (AvgIpc) is 3.42. The Kier molecular flexibility index (Phi) is 5.62. The van der Waals surface area contributed by atoms with E-state index in [4.69, 9.17) is 0 Å². The van der Waals surface area contributed by atoms with E-state index in [9.17, 15) is 4.39 Å².